The van der Waals surface area contributed by atoms with E-state index in [0.29, 0.717) is 5.57 Å². The second-order valence-electron chi connectivity index (χ2n) is 6.61. The van der Waals surface area contributed by atoms with Crippen LogP contribution in [0.3, 0.4) is 0 Å². The summed E-state index contributed by atoms with van der Waals surface area (Å²) < 4.78 is 5.53. The maximum atomic E-state index is 11.7. The van der Waals surface area contributed by atoms with Crippen LogP contribution in [-0.2, 0) is 9.53 Å². The van der Waals surface area contributed by atoms with Crippen LogP contribution in [-0.4, -0.2) is 35.0 Å². The van der Waals surface area contributed by atoms with Crippen LogP contribution in [0.1, 0.15) is 32.6 Å². The first kappa shape index (κ1) is 13.1. The molecule has 19 heavy (non-hydrogen) atoms. The molecule has 1 saturated heterocycles. The third kappa shape index (κ3) is 1.69. The van der Waals surface area contributed by atoms with Crippen LogP contribution in [0.2, 0.25) is 0 Å². The third-order valence-electron chi connectivity index (χ3n) is 5.77. The van der Waals surface area contributed by atoms with Crippen molar-refractivity contribution in [3.05, 3.63) is 12.2 Å². The lowest BCUT2D eigenvalue weighted by Gasteiger charge is -2.54. The number of esters is 1. The smallest absolute Gasteiger partial charge is 0.334 e. The largest absolute Gasteiger partial charge is 0.458 e. The van der Waals surface area contributed by atoms with E-state index >= 15 is 0 Å². The van der Waals surface area contributed by atoms with Crippen LogP contribution in [0.25, 0.3) is 0 Å². The zero-order valence-electron chi connectivity index (χ0n) is 11.3. The van der Waals surface area contributed by atoms with E-state index in [2.05, 4.69) is 13.5 Å². The first-order valence-corrected chi connectivity index (χ1v) is 7.17. The first-order chi connectivity index (χ1) is 8.99. The van der Waals surface area contributed by atoms with Crippen LogP contribution in [0, 0.1) is 23.2 Å². The Balaban J connectivity index is 1.98. The third-order valence-corrected chi connectivity index (χ3v) is 5.77. The van der Waals surface area contributed by atoms with Gasteiger partial charge in [0.15, 0.2) is 0 Å². The number of aliphatic hydroxyl groups is 2. The second kappa shape index (κ2) is 4.32. The molecule has 3 fully saturated rings. The van der Waals surface area contributed by atoms with Gasteiger partial charge in [0.05, 0.1) is 6.10 Å². The van der Waals surface area contributed by atoms with Crippen LogP contribution < -0.4 is 0 Å². The summed E-state index contributed by atoms with van der Waals surface area (Å²) in [7, 11) is 0. The molecule has 3 rings (SSSR count). The van der Waals surface area contributed by atoms with Gasteiger partial charge in [-0.3, -0.25) is 0 Å². The highest BCUT2D eigenvalue weighted by Crippen LogP contribution is 2.57. The molecule has 0 radical (unpaired) electrons. The number of aliphatic hydroxyl groups excluding tert-OH is 2. The van der Waals surface area contributed by atoms with Gasteiger partial charge in [0.1, 0.15) is 6.10 Å². The number of carbonyl (C=O) groups is 1. The van der Waals surface area contributed by atoms with Gasteiger partial charge in [-0.15, -0.1) is 0 Å². The minimum Gasteiger partial charge on any atom is -0.458 e. The van der Waals surface area contributed by atoms with Gasteiger partial charge in [0.25, 0.3) is 0 Å². The summed E-state index contributed by atoms with van der Waals surface area (Å²) in [5.74, 6) is -0.0657. The average Bonchev–Trinajstić information content (AvgIpc) is 2.67. The van der Waals surface area contributed by atoms with Crippen molar-refractivity contribution >= 4 is 5.97 Å². The Kier molecular flexibility index (Phi) is 2.98. The highest BCUT2D eigenvalue weighted by molar-refractivity contribution is 5.90. The minimum atomic E-state index is -0.367. The summed E-state index contributed by atoms with van der Waals surface area (Å²) in [6.07, 6.45) is 2.67. The molecule has 0 bridgehead atoms. The van der Waals surface area contributed by atoms with E-state index in [1.807, 2.05) is 0 Å². The molecule has 0 aromatic carbocycles. The topological polar surface area (TPSA) is 66.8 Å². The predicted octanol–water partition coefficient (Wildman–Crippen LogP) is 1.26. The SMILES string of the molecule is C=C1C(=O)OC2C1CCC1(C)C(O)CCC(CO)C21. The number of carbonyl (C=O) groups excluding carboxylic acids is 1. The molecule has 2 saturated carbocycles. The van der Waals surface area contributed by atoms with Crippen molar-refractivity contribution in [1.82, 2.24) is 0 Å². The van der Waals surface area contributed by atoms with E-state index in [1.54, 1.807) is 0 Å². The molecule has 2 N–H and O–H groups in total. The predicted molar refractivity (Wildman–Crippen MR) is 69.2 cm³/mol. The van der Waals surface area contributed by atoms with Gasteiger partial charge in [0, 0.05) is 29.4 Å². The Morgan fingerprint density at radius 1 is 1.42 bits per heavy atom. The fourth-order valence-corrected chi connectivity index (χ4v) is 4.58. The summed E-state index contributed by atoms with van der Waals surface area (Å²) in [6.45, 7) is 6.03. The van der Waals surface area contributed by atoms with Gasteiger partial charge in [-0.2, -0.15) is 0 Å². The molecule has 4 nitrogen and oxygen atoms in total. The van der Waals surface area contributed by atoms with Gasteiger partial charge >= 0.3 is 5.97 Å². The summed E-state index contributed by atoms with van der Waals surface area (Å²) in [5, 5.41) is 20.0. The van der Waals surface area contributed by atoms with Gasteiger partial charge in [-0.25, -0.2) is 4.79 Å². The van der Waals surface area contributed by atoms with Crippen LogP contribution in [0.4, 0.5) is 0 Å². The molecule has 3 aliphatic rings. The van der Waals surface area contributed by atoms with Crippen molar-refractivity contribution in [2.75, 3.05) is 6.61 Å². The van der Waals surface area contributed by atoms with Crippen molar-refractivity contribution in [1.29, 1.82) is 0 Å². The van der Waals surface area contributed by atoms with Crippen molar-refractivity contribution < 1.29 is 19.7 Å². The number of fused-ring (bicyclic) bond motifs is 3. The van der Waals surface area contributed by atoms with Crippen LogP contribution >= 0.6 is 0 Å². The lowest BCUT2D eigenvalue weighted by atomic mass is 9.52. The van der Waals surface area contributed by atoms with Crippen LogP contribution in [0.15, 0.2) is 12.2 Å². The number of hydrogen-bond acceptors (Lipinski definition) is 4. The van der Waals surface area contributed by atoms with Gasteiger partial charge in [-0.05, 0) is 31.6 Å². The first-order valence-electron chi connectivity index (χ1n) is 7.17. The van der Waals surface area contributed by atoms with Crippen molar-refractivity contribution in [3.8, 4) is 0 Å². The van der Waals surface area contributed by atoms with E-state index in [-0.39, 0.29) is 48.0 Å². The van der Waals surface area contributed by atoms with Crippen molar-refractivity contribution in [2.24, 2.45) is 23.2 Å². The zero-order chi connectivity index (χ0) is 13.8. The fraction of sp³-hybridized carbons (Fsp3) is 0.800. The Bertz CT molecular complexity index is 418. The molecule has 0 amide bonds. The monoisotopic (exact) mass is 266 g/mol. The zero-order valence-corrected chi connectivity index (χ0v) is 11.3. The molecule has 1 heterocycles. The Morgan fingerprint density at radius 2 is 2.16 bits per heavy atom. The maximum absolute atomic E-state index is 11.7. The Hall–Kier alpha value is -0.870. The summed E-state index contributed by atoms with van der Waals surface area (Å²) in [5.41, 5.74) is 0.321. The lowest BCUT2D eigenvalue weighted by molar-refractivity contribution is -0.171. The number of rotatable bonds is 1. The molecule has 4 heteroatoms. The molecule has 106 valence electrons. The molecular weight excluding hydrogens is 244 g/mol. The standard InChI is InChI=1S/C15H22O4/c1-8-10-5-6-15(2)11(17)4-3-9(7-16)12(15)13(10)19-14(8)18/h9-13,16-17H,1,3-7H2,2H3. The lowest BCUT2D eigenvalue weighted by Crippen LogP contribution is -2.56. The highest BCUT2D eigenvalue weighted by atomic mass is 16.6. The summed E-state index contributed by atoms with van der Waals surface area (Å²) >= 11 is 0. The highest BCUT2D eigenvalue weighted by Gasteiger charge is 2.59. The fourth-order valence-electron chi connectivity index (χ4n) is 4.58. The van der Waals surface area contributed by atoms with E-state index in [1.165, 1.54) is 0 Å². The van der Waals surface area contributed by atoms with Gasteiger partial charge in [-0.1, -0.05) is 13.5 Å². The Labute approximate surface area is 113 Å². The van der Waals surface area contributed by atoms with E-state index in [9.17, 15) is 15.0 Å². The summed E-state index contributed by atoms with van der Waals surface area (Å²) in [4.78, 5) is 11.7. The van der Waals surface area contributed by atoms with Gasteiger partial charge in [0.2, 0.25) is 0 Å². The summed E-state index contributed by atoms with van der Waals surface area (Å²) in [6, 6.07) is 0. The molecule has 0 aromatic rings. The molecule has 6 atom stereocenters. The van der Waals surface area contributed by atoms with E-state index in [4.69, 9.17) is 4.74 Å². The maximum Gasteiger partial charge on any atom is 0.334 e. The number of hydrogen-bond donors (Lipinski definition) is 2. The van der Waals surface area contributed by atoms with Gasteiger partial charge < -0.3 is 14.9 Å². The Morgan fingerprint density at radius 3 is 2.84 bits per heavy atom. The molecule has 0 aromatic heterocycles. The average molecular weight is 266 g/mol. The second-order valence-corrected chi connectivity index (χ2v) is 6.61. The van der Waals surface area contributed by atoms with Crippen molar-refractivity contribution in [2.45, 2.75) is 44.8 Å². The minimum absolute atomic E-state index is 0.0446. The quantitative estimate of drug-likeness (QED) is 0.554. The normalized spacial score (nSPS) is 49.5. The van der Waals surface area contributed by atoms with Crippen molar-refractivity contribution in [3.63, 3.8) is 0 Å². The molecule has 0 spiro atoms. The molecule has 6 unspecified atom stereocenters. The molecular formula is C15H22O4. The van der Waals surface area contributed by atoms with E-state index < -0.39 is 0 Å². The van der Waals surface area contributed by atoms with Crippen LogP contribution in [0.5, 0.6) is 0 Å². The van der Waals surface area contributed by atoms with E-state index in [0.717, 1.165) is 25.7 Å². The molecule has 2 aliphatic carbocycles. The molecule has 1 aliphatic heterocycles. The number of ether oxygens (including phenoxy) is 1.